The number of halogens is 1. The number of hydrogen-bond acceptors (Lipinski definition) is 3. The van der Waals surface area contributed by atoms with Crippen LogP contribution in [0.2, 0.25) is 0 Å². The Balaban J connectivity index is 2.19. The summed E-state index contributed by atoms with van der Waals surface area (Å²) in [6.45, 7) is 4.01. The third-order valence-corrected chi connectivity index (χ3v) is 3.14. The molecule has 0 radical (unpaired) electrons. The SMILES string of the molecule is CC(C)n1nc(-c2ccccc2)c(-c2ccnc(F)c2)n1. The summed E-state index contributed by atoms with van der Waals surface area (Å²) in [5.74, 6) is -0.523. The first-order valence-corrected chi connectivity index (χ1v) is 6.79. The van der Waals surface area contributed by atoms with Crippen molar-refractivity contribution in [2.24, 2.45) is 0 Å². The quantitative estimate of drug-likeness (QED) is 0.687. The molecule has 0 bridgehead atoms. The van der Waals surface area contributed by atoms with Crippen molar-refractivity contribution < 1.29 is 4.39 Å². The van der Waals surface area contributed by atoms with Crippen LogP contribution in [0.3, 0.4) is 0 Å². The Hall–Kier alpha value is -2.56. The molecule has 3 rings (SSSR count). The van der Waals surface area contributed by atoms with Gasteiger partial charge in [0, 0.05) is 23.4 Å². The van der Waals surface area contributed by atoms with Crippen LogP contribution in [-0.4, -0.2) is 20.0 Å². The van der Waals surface area contributed by atoms with Crippen molar-refractivity contribution in [2.75, 3.05) is 0 Å². The van der Waals surface area contributed by atoms with Gasteiger partial charge in [-0.05, 0) is 19.9 Å². The van der Waals surface area contributed by atoms with E-state index in [-0.39, 0.29) is 6.04 Å². The summed E-state index contributed by atoms with van der Waals surface area (Å²) in [6.07, 6.45) is 1.44. The zero-order valence-electron chi connectivity index (χ0n) is 11.9. The minimum Gasteiger partial charge on any atom is -0.228 e. The number of nitrogens with zero attached hydrogens (tertiary/aromatic N) is 4. The van der Waals surface area contributed by atoms with Gasteiger partial charge >= 0.3 is 0 Å². The fourth-order valence-corrected chi connectivity index (χ4v) is 2.09. The highest BCUT2D eigenvalue weighted by Gasteiger charge is 2.16. The minimum absolute atomic E-state index is 0.132. The van der Waals surface area contributed by atoms with Gasteiger partial charge in [-0.1, -0.05) is 30.3 Å². The number of rotatable bonds is 3. The maximum atomic E-state index is 13.4. The molecule has 0 aliphatic heterocycles. The first-order valence-electron chi connectivity index (χ1n) is 6.79. The normalized spacial score (nSPS) is 11.0. The molecule has 0 aliphatic carbocycles. The lowest BCUT2D eigenvalue weighted by Gasteiger charge is -2.01. The Labute approximate surface area is 122 Å². The highest BCUT2D eigenvalue weighted by molar-refractivity contribution is 5.77. The zero-order valence-corrected chi connectivity index (χ0v) is 11.9. The highest BCUT2D eigenvalue weighted by atomic mass is 19.1. The summed E-state index contributed by atoms with van der Waals surface area (Å²) >= 11 is 0. The van der Waals surface area contributed by atoms with Gasteiger partial charge in [-0.15, -0.1) is 0 Å². The van der Waals surface area contributed by atoms with Crippen LogP contribution >= 0.6 is 0 Å². The molecule has 0 aliphatic rings. The van der Waals surface area contributed by atoms with Gasteiger partial charge < -0.3 is 0 Å². The van der Waals surface area contributed by atoms with Gasteiger partial charge in [0.2, 0.25) is 5.95 Å². The van der Waals surface area contributed by atoms with Crippen molar-refractivity contribution >= 4 is 0 Å². The van der Waals surface area contributed by atoms with E-state index >= 15 is 0 Å². The molecule has 1 aromatic carbocycles. The van der Waals surface area contributed by atoms with E-state index in [0.29, 0.717) is 11.3 Å². The van der Waals surface area contributed by atoms with E-state index in [1.54, 1.807) is 10.9 Å². The summed E-state index contributed by atoms with van der Waals surface area (Å²) in [4.78, 5) is 5.24. The molecule has 2 aromatic heterocycles. The molecular formula is C16H15FN4. The van der Waals surface area contributed by atoms with Crippen LogP contribution in [0.25, 0.3) is 22.5 Å². The molecular weight excluding hydrogens is 267 g/mol. The molecule has 21 heavy (non-hydrogen) atoms. The molecule has 2 heterocycles. The number of benzene rings is 1. The van der Waals surface area contributed by atoms with Crippen molar-refractivity contribution in [3.8, 4) is 22.5 Å². The average Bonchev–Trinajstić information content (AvgIpc) is 2.93. The lowest BCUT2D eigenvalue weighted by Crippen LogP contribution is -2.04. The van der Waals surface area contributed by atoms with E-state index in [1.165, 1.54) is 12.3 Å². The van der Waals surface area contributed by atoms with Crippen LogP contribution in [-0.2, 0) is 0 Å². The lowest BCUT2D eigenvalue weighted by atomic mass is 10.1. The van der Waals surface area contributed by atoms with Crippen LogP contribution in [0.4, 0.5) is 4.39 Å². The van der Waals surface area contributed by atoms with Gasteiger partial charge in [0.15, 0.2) is 0 Å². The Kier molecular flexibility index (Phi) is 3.48. The van der Waals surface area contributed by atoms with Gasteiger partial charge in [0.05, 0.1) is 6.04 Å². The Bertz CT molecular complexity index is 750. The average molecular weight is 282 g/mol. The molecule has 0 saturated carbocycles. The lowest BCUT2D eigenvalue weighted by molar-refractivity contribution is 0.468. The minimum atomic E-state index is -0.523. The fraction of sp³-hybridized carbons (Fsp3) is 0.188. The monoisotopic (exact) mass is 282 g/mol. The van der Waals surface area contributed by atoms with Crippen LogP contribution in [0.1, 0.15) is 19.9 Å². The van der Waals surface area contributed by atoms with Crippen molar-refractivity contribution in [3.63, 3.8) is 0 Å². The fourth-order valence-electron chi connectivity index (χ4n) is 2.09. The van der Waals surface area contributed by atoms with Crippen LogP contribution in [0, 0.1) is 5.95 Å². The summed E-state index contributed by atoms with van der Waals surface area (Å²) in [6, 6.07) is 13.0. The van der Waals surface area contributed by atoms with Gasteiger partial charge in [0.25, 0.3) is 0 Å². The van der Waals surface area contributed by atoms with Crippen molar-refractivity contribution in [2.45, 2.75) is 19.9 Å². The molecule has 106 valence electrons. The molecule has 3 aromatic rings. The first kappa shape index (κ1) is 13.4. The molecule has 0 N–H and O–H groups in total. The number of pyridine rings is 1. The van der Waals surface area contributed by atoms with E-state index in [0.717, 1.165) is 11.3 Å². The second-order valence-electron chi connectivity index (χ2n) is 5.04. The summed E-state index contributed by atoms with van der Waals surface area (Å²) in [7, 11) is 0. The van der Waals surface area contributed by atoms with E-state index < -0.39 is 5.95 Å². The maximum absolute atomic E-state index is 13.4. The Morgan fingerprint density at radius 2 is 1.62 bits per heavy atom. The predicted octanol–water partition coefficient (Wildman–Crippen LogP) is 3.73. The third kappa shape index (κ3) is 2.67. The smallest absolute Gasteiger partial charge is 0.213 e. The van der Waals surface area contributed by atoms with Gasteiger partial charge in [-0.3, -0.25) is 0 Å². The van der Waals surface area contributed by atoms with Gasteiger partial charge in [-0.25, -0.2) is 4.98 Å². The van der Waals surface area contributed by atoms with Crippen molar-refractivity contribution in [1.29, 1.82) is 0 Å². The summed E-state index contributed by atoms with van der Waals surface area (Å²) < 4.78 is 13.4. The third-order valence-electron chi connectivity index (χ3n) is 3.14. The largest absolute Gasteiger partial charge is 0.228 e. The molecule has 0 atom stereocenters. The van der Waals surface area contributed by atoms with Gasteiger partial charge in [-0.2, -0.15) is 19.4 Å². The summed E-state index contributed by atoms with van der Waals surface area (Å²) in [5.41, 5.74) is 3.04. The molecule has 0 amide bonds. The van der Waals surface area contributed by atoms with Crippen molar-refractivity contribution in [1.82, 2.24) is 20.0 Å². The highest BCUT2D eigenvalue weighted by Crippen LogP contribution is 2.29. The predicted molar refractivity (Wildman–Crippen MR) is 79.0 cm³/mol. The first-order chi connectivity index (χ1) is 10.1. The number of aromatic nitrogens is 4. The Morgan fingerprint density at radius 3 is 2.24 bits per heavy atom. The second kappa shape index (κ2) is 5.44. The van der Waals surface area contributed by atoms with E-state index in [2.05, 4.69) is 15.2 Å². The number of hydrogen-bond donors (Lipinski definition) is 0. The summed E-state index contributed by atoms with van der Waals surface area (Å²) in [5, 5.41) is 9.06. The van der Waals surface area contributed by atoms with E-state index in [9.17, 15) is 4.39 Å². The van der Waals surface area contributed by atoms with E-state index in [1.807, 2.05) is 44.2 Å². The molecule has 0 unspecified atom stereocenters. The van der Waals surface area contributed by atoms with Gasteiger partial charge in [0.1, 0.15) is 11.4 Å². The Morgan fingerprint density at radius 1 is 0.952 bits per heavy atom. The maximum Gasteiger partial charge on any atom is 0.213 e. The molecule has 0 saturated heterocycles. The van der Waals surface area contributed by atoms with Crippen LogP contribution < -0.4 is 0 Å². The van der Waals surface area contributed by atoms with Crippen LogP contribution in [0.5, 0.6) is 0 Å². The standard InChI is InChI=1S/C16H15FN4/c1-11(2)21-19-15(12-6-4-3-5-7-12)16(20-21)13-8-9-18-14(17)10-13/h3-11H,1-2H3. The molecule has 4 nitrogen and oxygen atoms in total. The second-order valence-corrected chi connectivity index (χ2v) is 5.04. The molecule has 5 heteroatoms. The van der Waals surface area contributed by atoms with E-state index in [4.69, 9.17) is 0 Å². The topological polar surface area (TPSA) is 43.6 Å². The zero-order chi connectivity index (χ0) is 14.8. The molecule has 0 spiro atoms. The van der Waals surface area contributed by atoms with Crippen LogP contribution in [0.15, 0.2) is 48.7 Å². The van der Waals surface area contributed by atoms with Crippen molar-refractivity contribution in [3.05, 3.63) is 54.6 Å². The molecule has 0 fully saturated rings.